The lowest BCUT2D eigenvalue weighted by Gasteiger charge is -2.29. The minimum Gasteiger partial charge on any atom is -0.399 e. The number of nitrogens with two attached hydrogens (primary N) is 1. The largest absolute Gasteiger partial charge is 0.399 e. The zero-order chi connectivity index (χ0) is 12.7. The Morgan fingerprint density at radius 2 is 2.06 bits per heavy atom. The topological polar surface area (TPSA) is 29.3 Å². The standard InChI is InChI=1S/C16H24N2/c1-11-5-15(17)9-16(6-11)18(2)10-14-8-12-3-4-13(14)7-12/h5-6,9,12-14H,3-4,7-8,10,17H2,1-2H3. The van der Waals surface area contributed by atoms with Crippen LogP contribution in [0.15, 0.2) is 18.2 Å². The van der Waals surface area contributed by atoms with Crippen LogP contribution < -0.4 is 10.6 Å². The normalized spacial score (nSPS) is 29.8. The van der Waals surface area contributed by atoms with Crippen LogP contribution in [0, 0.1) is 24.7 Å². The highest BCUT2D eigenvalue weighted by atomic mass is 15.1. The molecule has 3 unspecified atom stereocenters. The molecule has 0 aliphatic heterocycles. The molecule has 1 aromatic rings. The lowest BCUT2D eigenvalue weighted by molar-refractivity contribution is 0.337. The quantitative estimate of drug-likeness (QED) is 0.825. The van der Waals surface area contributed by atoms with Crippen LogP contribution in [0.1, 0.15) is 31.2 Å². The maximum atomic E-state index is 5.94. The fourth-order valence-corrected chi connectivity index (χ4v) is 4.07. The molecule has 0 saturated heterocycles. The van der Waals surface area contributed by atoms with E-state index in [0.717, 1.165) is 23.4 Å². The summed E-state index contributed by atoms with van der Waals surface area (Å²) >= 11 is 0. The maximum Gasteiger partial charge on any atom is 0.0387 e. The molecular weight excluding hydrogens is 220 g/mol. The monoisotopic (exact) mass is 244 g/mol. The number of benzene rings is 1. The van der Waals surface area contributed by atoms with Crippen molar-refractivity contribution in [3.63, 3.8) is 0 Å². The molecule has 2 heteroatoms. The van der Waals surface area contributed by atoms with E-state index < -0.39 is 0 Å². The van der Waals surface area contributed by atoms with Crippen molar-refractivity contribution in [3.8, 4) is 0 Å². The number of aryl methyl sites for hydroxylation is 1. The third-order valence-corrected chi connectivity index (χ3v) is 4.92. The molecule has 2 N–H and O–H groups in total. The molecule has 2 aliphatic rings. The van der Waals surface area contributed by atoms with Crippen molar-refractivity contribution in [2.24, 2.45) is 17.8 Å². The Balaban J connectivity index is 1.69. The van der Waals surface area contributed by atoms with Gasteiger partial charge in [0.15, 0.2) is 0 Å². The zero-order valence-corrected chi connectivity index (χ0v) is 11.5. The smallest absolute Gasteiger partial charge is 0.0387 e. The number of hydrogen-bond donors (Lipinski definition) is 1. The Hall–Kier alpha value is -1.18. The second-order valence-corrected chi connectivity index (χ2v) is 6.42. The van der Waals surface area contributed by atoms with E-state index in [9.17, 15) is 0 Å². The number of hydrogen-bond acceptors (Lipinski definition) is 2. The number of anilines is 2. The third kappa shape index (κ3) is 2.21. The van der Waals surface area contributed by atoms with E-state index in [2.05, 4.69) is 31.0 Å². The number of rotatable bonds is 3. The highest BCUT2D eigenvalue weighted by molar-refractivity contribution is 5.58. The second kappa shape index (κ2) is 4.49. The molecule has 0 spiro atoms. The second-order valence-electron chi connectivity index (χ2n) is 6.42. The van der Waals surface area contributed by atoms with Crippen molar-refractivity contribution >= 4 is 11.4 Å². The molecular formula is C16H24N2. The van der Waals surface area contributed by atoms with Crippen LogP contribution in [0.5, 0.6) is 0 Å². The predicted molar refractivity (Wildman–Crippen MR) is 77.8 cm³/mol. The first kappa shape index (κ1) is 11.9. The summed E-state index contributed by atoms with van der Waals surface area (Å²) in [5.41, 5.74) is 9.35. The molecule has 0 aromatic heterocycles. The van der Waals surface area contributed by atoms with Gasteiger partial charge in [-0.3, -0.25) is 0 Å². The van der Waals surface area contributed by atoms with Gasteiger partial charge in [0.2, 0.25) is 0 Å². The summed E-state index contributed by atoms with van der Waals surface area (Å²) in [5, 5.41) is 0. The van der Waals surface area contributed by atoms with Gasteiger partial charge < -0.3 is 10.6 Å². The summed E-state index contributed by atoms with van der Waals surface area (Å²) in [5.74, 6) is 2.95. The van der Waals surface area contributed by atoms with E-state index >= 15 is 0 Å². The molecule has 2 aliphatic carbocycles. The van der Waals surface area contributed by atoms with E-state index in [1.165, 1.54) is 43.5 Å². The molecule has 0 amide bonds. The molecule has 98 valence electrons. The van der Waals surface area contributed by atoms with E-state index in [1.807, 2.05) is 6.07 Å². The van der Waals surface area contributed by atoms with Gasteiger partial charge in [0.25, 0.3) is 0 Å². The summed E-state index contributed by atoms with van der Waals surface area (Å²) in [7, 11) is 2.21. The van der Waals surface area contributed by atoms with Crippen molar-refractivity contribution in [1.29, 1.82) is 0 Å². The Morgan fingerprint density at radius 3 is 2.67 bits per heavy atom. The SMILES string of the molecule is Cc1cc(N)cc(N(C)CC2CC3CCC2C3)c1. The minimum absolute atomic E-state index is 0.879. The Labute approximate surface area is 110 Å². The summed E-state index contributed by atoms with van der Waals surface area (Å²) in [6.07, 6.45) is 5.91. The van der Waals surface area contributed by atoms with Gasteiger partial charge in [0.1, 0.15) is 0 Å². The first-order chi connectivity index (χ1) is 8.61. The number of fused-ring (bicyclic) bond motifs is 2. The molecule has 3 atom stereocenters. The average Bonchev–Trinajstić information content (AvgIpc) is 2.89. The molecule has 2 saturated carbocycles. The van der Waals surface area contributed by atoms with Crippen LogP contribution >= 0.6 is 0 Å². The highest BCUT2D eigenvalue weighted by Crippen LogP contribution is 2.48. The van der Waals surface area contributed by atoms with Gasteiger partial charge >= 0.3 is 0 Å². The van der Waals surface area contributed by atoms with E-state index in [4.69, 9.17) is 5.73 Å². The Kier molecular flexibility index (Phi) is 2.96. The molecule has 0 radical (unpaired) electrons. The highest BCUT2D eigenvalue weighted by Gasteiger charge is 2.39. The average molecular weight is 244 g/mol. The Bertz CT molecular complexity index is 420. The van der Waals surface area contributed by atoms with Crippen LogP contribution in [0.25, 0.3) is 0 Å². The van der Waals surface area contributed by atoms with Gasteiger partial charge in [-0.1, -0.05) is 6.42 Å². The summed E-state index contributed by atoms with van der Waals surface area (Å²) in [6, 6.07) is 6.37. The van der Waals surface area contributed by atoms with Crippen molar-refractivity contribution in [3.05, 3.63) is 23.8 Å². The number of nitrogens with zero attached hydrogens (tertiary/aromatic N) is 1. The van der Waals surface area contributed by atoms with Gasteiger partial charge in [-0.15, -0.1) is 0 Å². The van der Waals surface area contributed by atoms with E-state index in [0.29, 0.717) is 0 Å². The van der Waals surface area contributed by atoms with Crippen LogP contribution in [-0.4, -0.2) is 13.6 Å². The minimum atomic E-state index is 0.879. The van der Waals surface area contributed by atoms with Crippen molar-refractivity contribution in [2.45, 2.75) is 32.6 Å². The van der Waals surface area contributed by atoms with Gasteiger partial charge in [0, 0.05) is 25.0 Å². The zero-order valence-electron chi connectivity index (χ0n) is 11.5. The molecule has 2 fully saturated rings. The molecule has 0 heterocycles. The Morgan fingerprint density at radius 1 is 1.22 bits per heavy atom. The molecule has 3 rings (SSSR count). The van der Waals surface area contributed by atoms with Crippen LogP contribution in [0.2, 0.25) is 0 Å². The van der Waals surface area contributed by atoms with Crippen LogP contribution in [0.3, 0.4) is 0 Å². The first-order valence-electron chi connectivity index (χ1n) is 7.20. The van der Waals surface area contributed by atoms with Crippen LogP contribution in [-0.2, 0) is 0 Å². The van der Waals surface area contributed by atoms with Gasteiger partial charge in [-0.05, 0) is 67.7 Å². The predicted octanol–water partition coefficient (Wildman–Crippen LogP) is 3.45. The van der Waals surface area contributed by atoms with Crippen molar-refractivity contribution < 1.29 is 0 Å². The lowest BCUT2D eigenvalue weighted by atomic mass is 9.88. The van der Waals surface area contributed by atoms with Crippen LogP contribution in [0.4, 0.5) is 11.4 Å². The lowest BCUT2D eigenvalue weighted by Crippen LogP contribution is -2.28. The molecule has 2 nitrogen and oxygen atoms in total. The summed E-state index contributed by atoms with van der Waals surface area (Å²) < 4.78 is 0. The van der Waals surface area contributed by atoms with E-state index in [1.54, 1.807) is 0 Å². The first-order valence-corrected chi connectivity index (χ1v) is 7.20. The fraction of sp³-hybridized carbons (Fsp3) is 0.625. The van der Waals surface area contributed by atoms with E-state index in [-0.39, 0.29) is 0 Å². The van der Waals surface area contributed by atoms with Gasteiger partial charge in [0.05, 0.1) is 0 Å². The molecule has 1 aromatic carbocycles. The molecule has 18 heavy (non-hydrogen) atoms. The van der Waals surface area contributed by atoms with Gasteiger partial charge in [-0.25, -0.2) is 0 Å². The summed E-state index contributed by atoms with van der Waals surface area (Å²) in [4.78, 5) is 2.40. The number of nitrogen functional groups attached to an aromatic ring is 1. The third-order valence-electron chi connectivity index (χ3n) is 4.92. The van der Waals surface area contributed by atoms with Crippen molar-refractivity contribution in [2.75, 3.05) is 24.2 Å². The fourth-order valence-electron chi connectivity index (χ4n) is 4.07. The molecule has 2 bridgehead atoms. The maximum absolute atomic E-state index is 5.94. The van der Waals surface area contributed by atoms with Gasteiger partial charge in [-0.2, -0.15) is 0 Å². The summed E-state index contributed by atoms with van der Waals surface area (Å²) in [6.45, 7) is 3.31. The van der Waals surface area contributed by atoms with Crippen molar-refractivity contribution in [1.82, 2.24) is 0 Å².